The van der Waals surface area contributed by atoms with Crippen molar-refractivity contribution in [2.45, 2.75) is 33.2 Å². The van der Waals surface area contributed by atoms with Gasteiger partial charge in [0.2, 0.25) is 0 Å². The van der Waals surface area contributed by atoms with Crippen LogP contribution in [0.25, 0.3) is 0 Å². The molecule has 0 saturated heterocycles. The molecule has 0 bridgehead atoms. The van der Waals surface area contributed by atoms with E-state index in [9.17, 15) is 0 Å². The first kappa shape index (κ1) is 5.80. The first-order valence-corrected chi connectivity index (χ1v) is 3.02. The number of hydrogen-bond donors (Lipinski definition) is 0. The highest BCUT2D eigenvalue weighted by molar-refractivity contribution is 5.74. The van der Waals surface area contributed by atoms with Gasteiger partial charge in [0.25, 0.3) is 0 Å². The molecule has 8 heavy (non-hydrogen) atoms. The van der Waals surface area contributed by atoms with E-state index in [-0.39, 0.29) is 5.54 Å². The molecular weight excluding hydrogens is 98.1 g/mol. The molecule has 1 heteroatoms. The van der Waals surface area contributed by atoms with E-state index in [0.29, 0.717) is 5.41 Å². The third-order valence-electron chi connectivity index (χ3n) is 2.29. The molecule has 0 radical (unpaired) electrons. The molecule has 0 aliphatic carbocycles. The van der Waals surface area contributed by atoms with E-state index in [1.54, 1.807) is 0 Å². The van der Waals surface area contributed by atoms with Gasteiger partial charge in [0.15, 0.2) is 0 Å². The Bertz CT molecular complexity index is 115. The second-order valence-corrected chi connectivity index (χ2v) is 3.54. The summed E-state index contributed by atoms with van der Waals surface area (Å²) in [6.07, 6.45) is 2.02. The van der Waals surface area contributed by atoms with Crippen LogP contribution in [0.15, 0.2) is 4.99 Å². The van der Waals surface area contributed by atoms with E-state index in [1.165, 1.54) is 0 Å². The van der Waals surface area contributed by atoms with Crippen molar-refractivity contribution in [2.75, 3.05) is 0 Å². The van der Waals surface area contributed by atoms with Crippen molar-refractivity contribution in [3.05, 3.63) is 0 Å². The molecule has 0 spiro atoms. The Morgan fingerprint density at radius 1 is 1.12 bits per heavy atom. The Labute approximate surface area is 50.8 Å². The molecule has 0 unspecified atom stereocenters. The predicted molar refractivity (Wildman–Crippen MR) is 36.4 cm³/mol. The van der Waals surface area contributed by atoms with Gasteiger partial charge in [-0.2, -0.15) is 0 Å². The van der Waals surface area contributed by atoms with Gasteiger partial charge in [-0.15, -0.1) is 0 Å². The summed E-state index contributed by atoms with van der Waals surface area (Å²) in [5, 5.41) is 0. The van der Waals surface area contributed by atoms with Gasteiger partial charge in [0.05, 0.1) is 5.54 Å². The minimum Gasteiger partial charge on any atom is -0.290 e. The van der Waals surface area contributed by atoms with Crippen LogP contribution in [0.2, 0.25) is 0 Å². The predicted octanol–water partition coefficient (Wildman–Crippen LogP) is 1.88. The highest BCUT2D eigenvalue weighted by Gasteiger charge is 2.41. The molecule has 0 N–H and O–H groups in total. The van der Waals surface area contributed by atoms with Crippen LogP contribution < -0.4 is 0 Å². The van der Waals surface area contributed by atoms with Crippen molar-refractivity contribution in [1.29, 1.82) is 0 Å². The fourth-order valence-electron chi connectivity index (χ4n) is 0.581. The SMILES string of the molecule is CC1(C)C=NC1(C)C. The van der Waals surface area contributed by atoms with E-state index in [2.05, 4.69) is 32.7 Å². The van der Waals surface area contributed by atoms with Crippen LogP contribution in [0.4, 0.5) is 0 Å². The Morgan fingerprint density at radius 3 is 1.50 bits per heavy atom. The molecule has 0 saturated carbocycles. The van der Waals surface area contributed by atoms with Crippen LogP contribution >= 0.6 is 0 Å². The van der Waals surface area contributed by atoms with Crippen LogP contribution in [0.1, 0.15) is 27.7 Å². The minimum atomic E-state index is 0.188. The fraction of sp³-hybridized carbons (Fsp3) is 0.857. The summed E-state index contributed by atoms with van der Waals surface area (Å²) in [4.78, 5) is 4.23. The third-order valence-corrected chi connectivity index (χ3v) is 2.29. The van der Waals surface area contributed by atoms with Gasteiger partial charge in [0.1, 0.15) is 0 Å². The van der Waals surface area contributed by atoms with Crippen molar-refractivity contribution in [1.82, 2.24) is 0 Å². The molecule has 0 aromatic heterocycles. The van der Waals surface area contributed by atoms with E-state index < -0.39 is 0 Å². The van der Waals surface area contributed by atoms with Crippen LogP contribution in [0, 0.1) is 5.41 Å². The summed E-state index contributed by atoms with van der Waals surface area (Å²) in [5.74, 6) is 0. The van der Waals surface area contributed by atoms with Gasteiger partial charge in [-0.3, -0.25) is 4.99 Å². The standard InChI is InChI=1S/C7H13N/c1-6(2)5-8-7(6,3)4/h5H,1-4H3. The molecule has 1 heterocycles. The molecule has 0 aromatic rings. The maximum atomic E-state index is 4.23. The number of rotatable bonds is 0. The number of hydrogen-bond acceptors (Lipinski definition) is 1. The highest BCUT2D eigenvalue weighted by atomic mass is 14.9. The molecule has 1 aliphatic rings. The Hall–Kier alpha value is -0.330. The fourth-order valence-corrected chi connectivity index (χ4v) is 0.581. The molecule has 0 aromatic carbocycles. The number of nitrogens with zero attached hydrogens (tertiary/aromatic N) is 1. The Balaban J connectivity index is 2.82. The lowest BCUT2D eigenvalue weighted by atomic mass is 9.71. The van der Waals surface area contributed by atoms with Crippen LogP contribution in [0.5, 0.6) is 0 Å². The van der Waals surface area contributed by atoms with Crippen LogP contribution in [0.3, 0.4) is 0 Å². The summed E-state index contributed by atoms with van der Waals surface area (Å²) < 4.78 is 0. The summed E-state index contributed by atoms with van der Waals surface area (Å²) >= 11 is 0. The molecule has 46 valence electrons. The lowest BCUT2D eigenvalue weighted by molar-refractivity contribution is 0.264. The molecule has 1 rings (SSSR count). The third kappa shape index (κ3) is 0.504. The zero-order chi connectivity index (χ0) is 6.41. The first-order chi connectivity index (χ1) is 3.46. The summed E-state index contributed by atoms with van der Waals surface area (Å²) in [5.41, 5.74) is 0.514. The van der Waals surface area contributed by atoms with E-state index in [1.807, 2.05) is 6.21 Å². The monoisotopic (exact) mass is 111 g/mol. The molecule has 1 aliphatic heterocycles. The quantitative estimate of drug-likeness (QED) is 0.452. The van der Waals surface area contributed by atoms with Crippen molar-refractivity contribution < 1.29 is 0 Å². The second-order valence-electron chi connectivity index (χ2n) is 3.54. The topological polar surface area (TPSA) is 12.4 Å². The highest BCUT2D eigenvalue weighted by Crippen LogP contribution is 2.38. The lowest BCUT2D eigenvalue weighted by Crippen LogP contribution is -2.46. The summed E-state index contributed by atoms with van der Waals surface area (Å²) in [6.45, 7) is 8.74. The van der Waals surface area contributed by atoms with Crippen molar-refractivity contribution in [2.24, 2.45) is 10.4 Å². The first-order valence-electron chi connectivity index (χ1n) is 3.02. The van der Waals surface area contributed by atoms with Gasteiger partial charge in [0, 0.05) is 11.6 Å². The van der Waals surface area contributed by atoms with Crippen molar-refractivity contribution in [3.63, 3.8) is 0 Å². The normalized spacial score (nSPS) is 29.5. The van der Waals surface area contributed by atoms with Gasteiger partial charge in [-0.25, -0.2) is 0 Å². The molecule has 1 nitrogen and oxygen atoms in total. The molecule has 0 fully saturated rings. The van der Waals surface area contributed by atoms with Crippen LogP contribution in [-0.4, -0.2) is 11.8 Å². The molecule has 0 amide bonds. The second kappa shape index (κ2) is 1.15. The molecular formula is C7H13N. The largest absolute Gasteiger partial charge is 0.290 e. The van der Waals surface area contributed by atoms with E-state index in [4.69, 9.17) is 0 Å². The van der Waals surface area contributed by atoms with Gasteiger partial charge in [-0.05, 0) is 13.8 Å². The van der Waals surface area contributed by atoms with Crippen LogP contribution in [-0.2, 0) is 0 Å². The van der Waals surface area contributed by atoms with Gasteiger partial charge in [-0.1, -0.05) is 13.8 Å². The van der Waals surface area contributed by atoms with Gasteiger partial charge < -0.3 is 0 Å². The van der Waals surface area contributed by atoms with Gasteiger partial charge >= 0.3 is 0 Å². The Morgan fingerprint density at radius 2 is 1.50 bits per heavy atom. The van der Waals surface area contributed by atoms with E-state index in [0.717, 1.165) is 0 Å². The van der Waals surface area contributed by atoms with E-state index >= 15 is 0 Å². The lowest BCUT2D eigenvalue weighted by Gasteiger charge is -2.43. The maximum absolute atomic E-state index is 4.23. The maximum Gasteiger partial charge on any atom is 0.0648 e. The minimum absolute atomic E-state index is 0.188. The van der Waals surface area contributed by atoms with Crippen molar-refractivity contribution in [3.8, 4) is 0 Å². The average molecular weight is 111 g/mol. The zero-order valence-corrected chi connectivity index (χ0v) is 6.02. The summed E-state index contributed by atoms with van der Waals surface area (Å²) in [7, 11) is 0. The summed E-state index contributed by atoms with van der Waals surface area (Å²) in [6, 6.07) is 0. The average Bonchev–Trinajstić information content (AvgIpc) is 1.64. The van der Waals surface area contributed by atoms with Crippen molar-refractivity contribution >= 4 is 6.21 Å². The Kier molecular flexibility index (Phi) is 0.832. The smallest absolute Gasteiger partial charge is 0.0648 e. The number of aliphatic imine (C=N–C) groups is 1. The molecule has 0 atom stereocenters. The zero-order valence-electron chi connectivity index (χ0n) is 6.02.